The van der Waals surface area contributed by atoms with Crippen LogP contribution in [0.2, 0.25) is 0 Å². The molecule has 0 saturated heterocycles. The summed E-state index contributed by atoms with van der Waals surface area (Å²) >= 11 is 0. The largest absolute Gasteiger partial charge is 0.472 e. The van der Waals surface area contributed by atoms with Crippen LogP contribution in [-0.4, -0.2) is 74.3 Å². The summed E-state index contributed by atoms with van der Waals surface area (Å²) in [7, 11) is 1.51. The zero-order chi connectivity index (χ0) is 53.6. The Labute approximate surface area is 454 Å². The van der Waals surface area contributed by atoms with Crippen molar-refractivity contribution in [2.45, 2.75) is 328 Å². The number of esters is 1. The number of carbonyl (C=O) groups excluding carboxylic acids is 2. The van der Waals surface area contributed by atoms with Crippen LogP contribution in [0.4, 0.5) is 0 Å². The number of nitrogens with zero attached hydrogens (tertiary/aromatic N) is 1. The SMILES string of the molecule is CCCCCCCC/C=C/CCCCCCCCCCCCCC(=O)OC(/C=C/CCCCCCCCCCCC)C(COP(=O)(O)OCC[N+](C)(C)C)NC(=O)CCCCCCCCCCCCCCCC. The van der Waals surface area contributed by atoms with E-state index in [0.717, 1.165) is 57.8 Å². The molecule has 3 unspecified atom stereocenters. The summed E-state index contributed by atoms with van der Waals surface area (Å²) in [6.07, 6.45) is 63.1. The van der Waals surface area contributed by atoms with Crippen molar-refractivity contribution in [3.63, 3.8) is 0 Å². The third-order valence-corrected chi connectivity index (χ3v) is 15.4. The van der Waals surface area contributed by atoms with Crippen molar-refractivity contribution in [3.8, 4) is 0 Å². The number of phosphoric acid groups is 1. The van der Waals surface area contributed by atoms with E-state index in [1.165, 1.54) is 225 Å². The molecule has 0 saturated carbocycles. The van der Waals surface area contributed by atoms with Crippen LogP contribution in [-0.2, 0) is 27.9 Å². The maximum Gasteiger partial charge on any atom is 0.472 e. The molecule has 0 aromatic heterocycles. The average molecular weight is 1050 g/mol. The van der Waals surface area contributed by atoms with Gasteiger partial charge in [-0.15, -0.1) is 0 Å². The molecule has 73 heavy (non-hydrogen) atoms. The third kappa shape index (κ3) is 55.1. The summed E-state index contributed by atoms with van der Waals surface area (Å²) in [5.74, 6) is -0.489. The molecule has 0 aliphatic carbocycles. The second-order valence-corrected chi connectivity index (χ2v) is 24.4. The average Bonchev–Trinajstić information content (AvgIpc) is 3.35. The van der Waals surface area contributed by atoms with E-state index in [2.05, 4.69) is 38.2 Å². The van der Waals surface area contributed by atoms with Crippen LogP contribution in [0.25, 0.3) is 0 Å². The van der Waals surface area contributed by atoms with Crippen molar-refractivity contribution in [2.75, 3.05) is 40.9 Å². The summed E-state index contributed by atoms with van der Waals surface area (Å²) in [6.45, 7) is 7.05. The van der Waals surface area contributed by atoms with E-state index in [4.69, 9.17) is 13.8 Å². The Balaban J connectivity index is 5.17. The highest BCUT2D eigenvalue weighted by Gasteiger charge is 2.30. The molecule has 0 heterocycles. The van der Waals surface area contributed by atoms with E-state index in [9.17, 15) is 19.0 Å². The van der Waals surface area contributed by atoms with Gasteiger partial charge in [0.15, 0.2) is 0 Å². The highest BCUT2D eigenvalue weighted by Crippen LogP contribution is 2.43. The van der Waals surface area contributed by atoms with Gasteiger partial charge in [0.1, 0.15) is 19.3 Å². The number of amides is 1. The van der Waals surface area contributed by atoms with Crippen LogP contribution >= 0.6 is 7.82 Å². The minimum absolute atomic E-state index is 0.0439. The number of hydrogen-bond acceptors (Lipinski definition) is 6. The molecule has 1 amide bonds. The number of unbranched alkanes of at least 4 members (excludes halogenated alkanes) is 40. The minimum Gasteiger partial charge on any atom is -0.456 e. The molecule has 10 heteroatoms. The quantitative estimate of drug-likeness (QED) is 0.0205. The van der Waals surface area contributed by atoms with Gasteiger partial charge in [-0.1, -0.05) is 270 Å². The molecule has 0 radical (unpaired) electrons. The van der Waals surface area contributed by atoms with Gasteiger partial charge >= 0.3 is 13.8 Å². The Kier molecular flexibility index (Phi) is 52.8. The van der Waals surface area contributed by atoms with Gasteiger partial charge in [-0.05, 0) is 57.4 Å². The Morgan fingerprint density at radius 1 is 0.466 bits per heavy atom. The van der Waals surface area contributed by atoms with E-state index < -0.39 is 20.0 Å². The number of hydrogen-bond donors (Lipinski definition) is 2. The number of nitrogens with one attached hydrogen (secondary N) is 1. The van der Waals surface area contributed by atoms with E-state index in [0.29, 0.717) is 23.9 Å². The molecule has 0 aliphatic heterocycles. The first-order chi connectivity index (χ1) is 35.4. The zero-order valence-corrected chi connectivity index (χ0v) is 50.3. The van der Waals surface area contributed by atoms with Crippen molar-refractivity contribution >= 4 is 19.7 Å². The van der Waals surface area contributed by atoms with E-state index in [-0.39, 0.29) is 25.1 Å². The number of carbonyl (C=O) groups is 2. The molecular formula is C63H124N2O7P+. The number of quaternary nitrogens is 1. The van der Waals surface area contributed by atoms with Crippen LogP contribution in [0.5, 0.6) is 0 Å². The second-order valence-electron chi connectivity index (χ2n) is 22.9. The predicted octanol–water partition coefficient (Wildman–Crippen LogP) is 19.3. The lowest BCUT2D eigenvalue weighted by molar-refractivity contribution is -0.870. The second kappa shape index (κ2) is 53.9. The molecule has 432 valence electrons. The van der Waals surface area contributed by atoms with Gasteiger partial charge in [0.05, 0.1) is 33.8 Å². The summed E-state index contributed by atoms with van der Waals surface area (Å²) in [6, 6.07) is -0.842. The van der Waals surface area contributed by atoms with Gasteiger partial charge in [0.25, 0.3) is 0 Å². The number of ether oxygens (including phenoxy) is 1. The van der Waals surface area contributed by atoms with Crippen LogP contribution < -0.4 is 5.32 Å². The molecule has 0 rings (SSSR count). The fraction of sp³-hybridized carbons (Fsp3) is 0.905. The number of rotatable bonds is 58. The van der Waals surface area contributed by atoms with Crippen molar-refractivity contribution in [2.24, 2.45) is 0 Å². The topological polar surface area (TPSA) is 111 Å². The number of allylic oxidation sites excluding steroid dienone is 3. The summed E-state index contributed by atoms with van der Waals surface area (Å²) in [5, 5.41) is 3.06. The summed E-state index contributed by atoms with van der Waals surface area (Å²) < 4.78 is 30.7. The van der Waals surface area contributed by atoms with Crippen molar-refractivity contribution in [1.82, 2.24) is 5.32 Å². The molecular weight excluding hydrogens is 928 g/mol. The van der Waals surface area contributed by atoms with Crippen LogP contribution in [0, 0.1) is 0 Å². The van der Waals surface area contributed by atoms with E-state index in [1.807, 2.05) is 33.3 Å². The van der Waals surface area contributed by atoms with Gasteiger partial charge in [0, 0.05) is 12.8 Å². The maximum atomic E-state index is 13.5. The fourth-order valence-corrected chi connectivity index (χ4v) is 10.2. The smallest absolute Gasteiger partial charge is 0.456 e. The first-order valence-corrected chi connectivity index (χ1v) is 33.2. The van der Waals surface area contributed by atoms with Gasteiger partial charge < -0.3 is 19.4 Å². The van der Waals surface area contributed by atoms with Gasteiger partial charge in [-0.2, -0.15) is 0 Å². The monoisotopic (exact) mass is 1050 g/mol. The third-order valence-electron chi connectivity index (χ3n) is 14.4. The molecule has 9 nitrogen and oxygen atoms in total. The molecule has 3 atom stereocenters. The molecule has 0 spiro atoms. The molecule has 0 bridgehead atoms. The Morgan fingerprint density at radius 2 is 0.795 bits per heavy atom. The lowest BCUT2D eigenvalue weighted by atomic mass is 10.0. The Bertz CT molecular complexity index is 1300. The van der Waals surface area contributed by atoms with Crippen LogP contribution in [0.3, 0.4) is 0 Å². The molecule has 0 aliphatic rings. The first-order valence-electron chi connectivity index (χ1n) is 31.7. The molecule has 0 aromatic rings. The highest BCUT2D eigenvalue weighted by molar-refractivity contribution is 7.47. The summed E-state index contributed by atoms with van der Waals surface area (Å²) in [5.41, 5.74) is 0. The minimum atomic E-state index is -4.44. The zero-order valence-electron chi connectivity index (χ0n) is 49.4. The maximum absolute atomic E-state index is 13.5. The van der Waals surface area contributed by atoms with E-state index in [1.54, 1.807) is 0 Å². The Hall–Kier alpha value is -1.51. The lowest BCUT2D eigenvalue weighted by Crippen LogP contribution is -2.47. The lowest BCUT2D eigenvalue weighted by Gasteiger charge is -2.27. The predicted molar refractivity (Wildman–Crippen MR) is 314 cm³/mol. The number of likely N-dealkylation sites (N-methyl/N-ethyl adjacent to an activating group) is 1. The fourth-order valence-electron chi connectivity index (χ4n) is 9.47. The van der Waals surface area contributed by atoms with Gasteiger partial charge in [-0.25, -0.2) is 4.57 Å². The van der Waals surface area contributed by atoms with Crippen molar-refractivity contribution < 1.29 is 37.3 Å². The molecule has 0 fully saturated rings. The van der Waals surface area contributed by atoms with Crippen LogP contribution in [0.15, 0.2) is 24.3 Å². The number of phosphoric ester groups is 1. The normalized spacial score (nSPS) is 13.8. The van der Waals surface area contributed by atoms with Crippen LogP contribution in [0.1, 0.15) is 316 Å². The first kappa shape index (κ1) is 71.5. The Morgan fingerprint density at radius 3 is 1.16 bits per heavy atom. The molecule has 2 N–H and O–H groups in total. The summed E-state index contributed by atoms with van der Waals surface area (Å²) in [4.78, 5) is 37.7. The van der Waals surface area contributed by atoms with Crippen molar-refractivity contribution in [3.05, 3.63) is 24.3 Å². The highest BCUT2D eigenvalue weighted by atomic mass is 31.2. The van der Waals surface area contributed by atoms with Gasteiger partial charge in [0.2, 0.25) is 5.91 Å². The van der Waals surface area contributed by atoms with E-state index >= 15 is 0 Å². The molecule has 0 aromatic carbocycles. The van der Waals surface area contributed by atoms with Gasteiger partial charge in [-0.3, -0.25) is 18.6 Å². The van der Waals surface area contributed by atoms with Crippen molar-refractivity contribution in [1.29, 1.82) is 0 Å². The standard InChI is InChI=1S/C63H123N2O7P/c1-7-10-13-16-19-22-25-28-30-31-32-33-34-35-36-38-41-44-47-50-53-56-63(67)72-61(54-51-48-45-42-39-27-24-21-18-15-12-9-3)60(59-71-73(68,69)70-58-57-65(4,5)6)64-62(66)55-52-49-46-43-40-37-29-26-23-20-17-14-11-8-2/h28,30,51,54,60-61H,7-27,29,31-50,52-53,55-59H2,1-6H3,(H-,64,66,68,69)/p+1/b30-28+,54-51+.